The van der Waals surface area contributed by atoms with Crippen molar-refractivity contribution in [3.05, 3.63) is 0 Å². The van der Waals surface area contributed by atoms with E-state index >= 15 is 0 Å². The van der Waals surface area contributed by atoms with Crippen LogP contribution in [0.3, 0.4) is 0 Å². The maximum Gasteiger partial charge on any atom is 0.213 e. The molecule has 0 aliphatic carbocycles. The molecule has 0 spiro atoms. The maximum atomic E-state index is 11.3. The Hall–Kier alpha value is -0.210. The van der Waals surface area contributed by atoms with Gasteiger partial charge in [0, 0.05) is 26.8 Å². The SMILES string of the molecule is COCCS(=O)(=O)NCCC(N)COC. The molecule has 0 saturated carbocycles. The Balaban J connectivity index is 3.65. The van der Waals surface area contributed by atoms with E-state index in [2.05, 4.69) is 9.46 Å². The zero-order valence-corrected chi connectivity index (χ0v) is 10.0. The van der Waals surface area contributed by atoms with Crippen molar-refractivity contribution >= 4 is 10.0 Å². The number of sulfonamides is 1. The molecule has 0 aliphatic rings. The quantitative estimate of drug-likeness (QED) is 0.535. The van der Waals surface area contributed by atoms with Crippen molar-refractivity contribution < 1.29 is 17.9 Å². The van der Waals surface area contributed by atoms with Gasteiger partial charge in [0.2, 0.25) is 10.0 Å². The van der Waals surface area contributed by atoms with Gasteiger partial charge in [-0.15, -0.1) is 0 Å². The molecule has 1 unspecified atom stereocenters. The molecular formula is C8H20N2O4S. The average Bonchev–Trinajstić information content (AvgIpc) is 2.15. The Bertz CT molecular complexity index is 243. The van der Waals surface area contributed by atoms with E-state index in [1.807, 2.05) is 0 Å². The third-order valence-electron chi connectivity index (χ3n) is 1.77. The summed E-state index contributed by atoms with van der Waals surface area (Å²) in [6, 6.07) is -0.139. The molecule has 0 amide bonds. The van der Waals surface area contributed by atoms with Gasteiger partial charge >= 0.3 is 0 Å². The molecule has 0 radical (unpaired) electrons. The van der Waals surface area contributed by atoms with E-state index in [0.29, 0.717) is 19.6 Å². The van der Waals surface area contributed by atoms with Crippen LogP contribution in [0.5, 0.6) is 0 Å². The number of methoxy groups -OCH3 is 2. The lowest BCUT2D eigenvalue weighted by molar-refractivity contribution is 0.177. The van der Waals surface area contributed by atoms with Crippen molar-refractivity contribution in [2.75, 3.05) is 39.7 Å². The van der Waals surface area contributed by atoms with Crippen LogP contribution in [0, 0.1) is 0 Å². The first-order valence-corrected chi connectivity index (χ1v) is 6.38. The molecule has 0 fully saturated rings. The summed E-state index contributed by atoms with van der Waals surface area (Å²) in [5, 5.41) is 0. The highest BCUT2D eigenvalue weighted by Crippen LogP contribution is 1.90. The number of nitrogens with two attached hydrogens (primary N) is 1. The van der Waals surface area contributed by atoms with Crippen LogP contribution in [0.15, 0.2) is 0 Å². The topological polar surface area (TPSA) is 90.7 Å². The highest BCUT2D eigenvalue weighted by molar-refractivity contribution is 7.89. The van der Waals surface area contributed by atoms with Gasteiger partial charge < -0.3 is 15.2 Å². The van der Waals surface area contributed by atoms with Crippen molar-refractivity contribution in [2.24, 2.45) is 5.73 Å². The lowest BCUT2D eigenvalue weighted by Crippen LogP contribution is -2.34. The molecule has 0 saturated heterocycles. The molecule has 0 aromatic rings. The third-order valence-corrected chi connectivity index (χ3v) is 3.12. The smallest absolute Gasteiger partial charge is 0.213 e. The molecular weight excluding hydrogens is 220 g/mol. The summed E-state index contributed by atoms with van der Waals surface area (Å²) in [5.41, 5.74) is 5.63. The van der Waals surface area contributed by atoms with Gasteiger partial charge in [0.25, 0.3) is 0 Å². The molecule has 0 aliphatic heterocycles. The summed E-state index contributed by atoms with van der Waals surface area (Å²) in [6.07, 6.45) is 0.556. The molecule has 1 atom stereocenters. The molecule has 92 valence electrons. The summed E-state index contributed by atoms with van der Waals surface area (Å²) in [5.74, 6) is -0.0248. The van der Waals surface area contributed by atoms with Gasteiger partial charge in [0.15, 0.2) is 0 Å². The summed E-state index contributed by atoms with van der Waals surface area (Å²) in [6.45, 7) is 0.954. The van der Waals surface area contributed by atoms with E-state index < -0.39 is 10.0 Å². The molecule has 0 aromatic carbocycles. The third kappa shape index (κ3) is 8.76. The lowest BCUT2D eigenvalue weighted by Gasteiger charge is -2.11. The summed E-state index contributed by atoms with van der Waals surface area (Å²) < 4.78 is 34.5. The molecule has 3 N–H and O–H groups in total. The fraction of sp³-hybridized carbons (Fsp3) is 1.00. The minimum atomic E-state index is -3.23. The van der Waals surface area contributed by atoms with E-state index in [-0.39, 0.29) is 18.4 Å². The second-order valence-corrected chi connectivity index (χ2v) is 5.14. The van der Waals surface area contributed by atoms with Crippen molar-refractivity contribution in [3.63, 3.8) is 0 Å². The van der Waals surface area contributed by atoms with Gasteiger partial charge in [-0.05, 0) is 6.42 Å². The van der Waals surface area contributed by atoms with E-state index in [1.165, 1.54) is 7.11 Å². The average molecular weight is 240 g/mol. The molecule has 7 heteroatoms. The Morgan fingerprint density at radius 2 is 2.00 bits per heavy atom. The highest BCUT2D eigenvalue weighted by atomic mass is 32.2. The summed E-state index contributed by atoms with van der Waals surface area (Å²) in [4.78, 5) is 0. The van der Waals surface area contributed by atoms with Gasteiger partial charge in [0.05, 0.1) is 19.0 Å². The first kappa shape index (κ1) is 14.8. The molecule has 0 heterocycles. The van der Waals surface area contributed by atoms with Crippen molar-refractivity contribution in [1.82, 2.24) is 4.72 Å². The molecule has 0 rings (SSSR count). The van der Waals surface area contributed by atoms with E-state index in [1.54, 1.807) is 7.11 Å². The van der Waals surface area contributed by atoms with Crippen molar-refractivity contribution in [3.8, 4) is 0 Å². The Morgan fingerprint density at radius 1 is 1.33 bits per heavy atom. The second-order valence-electron chi connectivity index (χ2n) is 3.21. The van der Waals surface area contributed by atoms with Crippen molar-refractivity contribution in [2.45, 2.75) is 12.5 Å². The first-order chi connectivity index (χ1) is 7.02. The largest absolute Gasteiger partial charge is 0.384 e. The Morgan fingerprint density at radius 3 is 2.53 bits per heavy atom. The number of hydrogen-bond acceptors (Lipinski definition) is 5. The monoisotopic (exact) mass is 240 g/mol. The highest BCUT2D eigenvalue weighted by Gasteiger charge is 2.10. The van der Waals surface area contributed by atoms with Gasteiger partial charge in [0.1, 0.15) is 0 Å². The maximum absolute atomic E-state index is 11.3. The van der Waals surface area contributed by atoms with Crippen LogP contribution in [-0.2, 0) is 19.5 Å². The number of ether oxygens (including phenoxy) is 2. The molecule has 6 nitrogen and oxygen atoms in total. The number of hydrogen-bond donors (Lipinski definition) is 2. The van der Waals surface area contributed by atoms with Gasteiger partial charge in [-0.2, -0.15) is 0 Å². The predicted octanol–water partition coefficient (Wildman–Crippen LogP) is -1.08. The predicted molar refractivity (Wildman–Crippen MR) is 58.1 cm³/mol. The van der Waals surface area contributed by atoms with Crippen LogP contribution in [0.4, 0.5) is 0 Å². The van der Waals surface area contributed by atoms with E-state index in [4.69, 9.17) is 10.5 Å². The van der Waals surface area contributed by atoms with Crippen LogP contribution < -0.4 is 10.5 Å². The zero-order valence-electron chi connectivity index (χ0n) is 9.23. The van der Waals surface area contributed by atoms with Crippen molar-refractivity contribution in [1.29, 1.82) is 0 Å². The summed E-state index contributed by atoms with van der Waals surface area (Å²) in [7, 11) is -0.205. The van der Waals surface area contributed by atoms with E-state index in [0.717, 1.165) is 0 Å². The van der Waals surface area contributed by atoms with Crippen LogP contribution in [0.2, 0.25) is 0 Å². The van der Waals surface area contributed by atoms with Crippen LogP contribution in [-0.4, -0.2) is 54.2 Å². The normalized spacial score (nSPS) is 14.1. The van der Waals surface area contributed by atoms with Gasteiger partial charge in [-0.25, -0.2) is 13.1 Å². The van der Waals surface area contributed by atoms with Crippen LogP contribution >= 0.6 is 0 Å². The number of rotatable bonds is 9. The number of nitrogens with one attached hydrogen (secondary N) is 1. The minimum absolute atomic E-state index is 0.0248. The van der Waals surface area contributed by atoms with Gasteiger partial charge in [-0.1, -0.05) is 0 Å². The first-order valence-electron chi connectivity index (χ1n) is 4.72. The van der Waals surface area contributed by atoms with E-state index in [9.17, 15) is 8.42 Å². The standard InChI is InChI=1S/C8H20N2O4S/c1-13-5-6-15(11,12)10-4-3-8(9)7-14-2/h8,10H,3-7,9H2,1-2H3. The fourth-order valence-electron chi connectivity index (χ4n) is 0.962. The Labute approximate surface area is 91.2 Å². The zero-order chi connectivity index (χ0) is 11.7. The molecule has 0 bridgehead atoms. The van der Waals surface area contributed by atoms with Crippen LogP contribution in [0.1, 0.15) is 6.42 Å². The minimum Gasteiger partial charge on any atom is -0.384 e. The fourth-order valence-corrected chi connectivity index (χ4v) is 1.92. The van der Waals surface area contributed by atoms with Gasteiger partial charge in [-0.3, -0.25) is 0 Å². The lowest BCUT2D eigenvalue weighted by atomic mass is 10.2. The molecule has 0 aromatic heterocycles. The summed E-state index contributed by atoms with van der Waals surface area (Å²) >= 11 is 0. The van der Waals surface area contributed by atoms with Crippen LogP contribution in [0.25, 0.3) is 0 Å². The second kappa shape index (κ2) is 8.00. The Kier molecular flexibility index (Phi) is 7.89. The molecule has 15 heavy (non-hydrogen) atoms.